The number of thioether (sulfide) groups is 3. The van der Waals surface area contributed by atoms with E-state index in [1.807, 2.05) is 115 Å². The first-order valence-electron chi connectivity index (χ1n) is 27.2. The predicted molar refractivity (Wildman–Crippen MR) is 356 cm³/mol. The average molecular weight is 1330 g/mol. The van der Waals surface area contributed by atoms with Crippen LogP contribution >= 0.6 is 71.1 Å². The minimum Gasteiger partial charge on any atom is -0.497 e. The molecule has 0 bridgehead atoms. The number of carbonyl (C=O) groups is 8. The van der Waals surface area contributed by atoms with Gasteiger partial charge in [-0.3, -0.25) is 28.8 Å². The molecule has 3 aromatic rings. The van der Waals surface area contributed by atoms with E-state index < -0.39 is 66.4 Å². The number of hydrogen-bond donors (Lipinski definition) is 5. The first-order valence-corrected chi connectivity index (χ1v) is 31.3. The summed E-state index contributed by atoms with van der Waals surface area (Å²) in [6.07, 6.45) is 0. The lowest BCUT2D eigenvalue weighted by molar-refractivity contribution is -0.160. The average Bonchev–Trinajstić information content (AvgIpc) is 2.37. The van der Waals surface area contributed by atoms with Crippen molar-refractivity contribution in [1.29, 1.82) is 0 Å². The fourth-order valence-electron chi connectivity index (χ4n) is 7.56. The van der Waals surface area contributed by atoms with Gasteiger partial charge in [-0.2, -0.15) is 12.6 Å². The third-order valence-electron chi connectivity index (χ3n) is 12.9. The van der Waals surface area contributed by atoms with Crippen molar-refractivity contribution in [1.82, 2.24) is 21.3 Å². The summed E-state index contributed by atoms with van der Waals surface area (Å²) in [4.78, 5) is 92.6. The van der Waals surface area contributed by atoms with Gasteiger partial charge in [0.1, 0.15) is 34.7 Å². The van der Waals surface area contributed by atoms with Gasteiger partial charge in [-0.25, -0.2) is 9.59 Å². The molecule has 3 aromatic carbocycles. The lowest BCUT2D eigenvalue weighted by atomic mass is 9.93. The Morgan fingerprint density at radius 3 is 0.943 bits per heavy atom. The Labute approximate surface area is 544 Å². The van der Waals surface area contributed by atoms with Crippen molar-refractivity contribution in [3.05, 3.63) is 101 Å². The maximum absolute atomic E-state index is 12.1. The van der Waals surface area contributed by atoms with Gasteiger partial charge >= 0.3 is 23.9 Å². The number of ether oxygens (including phenoxy) is 7. The highest BCUT2D eigenvalue weighted by Gasteiger charge is 2.44. The number of allylic oxidation sites excluding steroid dienone is 1. The number of nitrogens with one attached hydrogen (secondary N) is 4. The van der Waals surface area contributed by atoms with Crippen LogP contribution in [0.4, 0.5) is 0 Å². The Morgan fingerprint density at radius 2 is 0.736 bits per heavy atom. The van der Waals surface area contributed by atoms with Crippen LogP contribution in [0.5, 0.6) is 17.2 Å². The van der Waals surface area contributed by atoms with E-state index in [2.05, 4.69) is 57.2 Å². The van der Waals surface area contributed by atoms with E-state index in [1.165, 1.54) is 52.0 Å². The van der Waals surface area contributed by atoms with Crippen molar-refractivity contribution in [3.8, 4) is 17.2 Å². The highest BCUT2D eigenvalue weighted by Crippen LogP contribution is 2.39. The van der Waals surface area contributed by atoms with Crippen LogP contribution in [0.25, 0.3) is 0 Å². The monoisotopic (exact) mass is 1330 g/mol. The topological polar surface area (TPSA) is 249 Å². The minimum atomic E-state index is -1.02. The molecular formula is C62H94Cl2N4O15S4. The van der Waals surface area contributed by atoms with E-state index in [4.69, 9.17) is 46.9 Å². The molecule has 3 rings (SSSR count). The molecule has 0 aliphatic rings. The minimum absolute atomic E-state index is 0.0417. The van der Waals surface area contributed by atoms with Crippen molar-refractivity contribution < 1.29 is 71.5 Å². The summed E-state index contributed by atoms with van der Waals surface area (Å²) in [5.74, 6) is -0.823. The van der Waals surface area contributed by atoms with Crippen molar-refractivity contribution in [3.63, 3.8) is 0 Å². The van der Waals surface area contributed by atoms with Gasteiger partial charge in [-0.15, -0.1) is 35.3 Å². The first-order chi connectivity index (χ1) is 40.5. The second kappa shape index (κ2) is 42.7. The second-order valence-electron chi connectivity index (χ2n) is 21.2. The number of rotatable bonds is 28. The SMILES string of the molecule is CNC(=O)C(C(=O)NC)C(C)(C)SCc1ccc(OC)cc1.CNCC(CNC)C(C)(C)S.COC(=O)C(C(=O)OC)=C(C)C.COC(=O)C(C(=O)OC)C(C)(C)SCc1ccc(OC)cc1.COc1ccc(CSC(C)(C)C(C(=O)Cl)C(=O)Cl)cc1. The highest BCUT2D eigenvalue weighted by atomic mass is 35.5. The predicted octanol–water partition coefficient (Wildman–Crippen LogP) is 9.76. The number of benzene rings is 3. The summed E-state index contributed by atoms with van der Waals surface area (Å²) in [5.41, 5.74) is 3.79. The standard InChI is InChI=1S/C16H24N2O3S.C16H22O5S.C14H16Cl2O3S.C8H20N2S.C8H12O4/c1-16(2,13(14(19)17-3)15(20)18-4)22-10-11-6-8-12(21-5)9-7-11;1-16(2,13(14(17)20-4)15(18)21-5)22-10-11-6-8-12(19-3)9-7-11;1-14(2,11(12(15)17)13(16)18)20-8-9-4-6-10(19-3)7-5-9;1-8(2,11)7(5-9-3)6-10-4;1-5(2)6(7(9)11-3)8(10)12-4/h6-9,13H,10H2,1-5H3,(H,17,19)(H,18,20);6-9,13H,10H2,1-5H3;4-7,11H,8H2,1-3H3;7,9-11H,5-6H2,1-4H3;1-4H3. The summed E-state index contributed by atoms with van der Waals surface area (Å²) in [5, 5.41) is 10.0. The van der Waals surface area contributed by atoms with Gasteiger partial charge < -0.3 is 54.4 Å². The molecule has 19 nitrogen and oxygen atoms in total. The first kappa shape index (κ1) is 83.9. The van der Waals surface area contributed by atoms with Gasteiger partial charge in [-0.1, -0.05) is 55.8 Å². The molecule has 0 saturated carbocycles. The van der Waals surface area contributed by atoms with E-state index >= 15 is 0 Å². The van der Waals surface area contributed by atoms with Crippen LogP contribution in [-0.2, 0) is 74.6 Å². The summed E-state index contributed by atoms with van der Waals surface area (Å²) < 4.78 is 31.8. The molecule has 0 fully saturated rings. The number of esters is 4. The van der Waals surface area contributed by atoms with E-state index in [9.17, 15) is 38.4 Å². The summed E-state index contributed by atoms with van der Waals surface area (Å²) >= 11 is 20.0. The largest absolute Gasteiger partial charge is 0.497 e. The van der Waals surface area contributed by atoms with E-state index in [0.29, 0.717) is 28.7 Å². The van der Waals surface area contributed by atoms with E-state index in [-0.39, 0.29) is 22.1 Å². The fourth-order valence-corrected chi connectivity index (χ4v) is 12.0. The third kappa shape index (κ3) is 31.2. The molecule has 0 radical (unpaired) electrons. The molecule has 2 amide bonds. The van der Waals surface area contributed by atoms with Gasteiger partial charge in [-0.05, 0) is 152 Å². The molecular weight excluding hydrogens is 1240 g/mol. The molecule has 0 unspecified atom stereocenters. The van der Waals surface area contributed by atoms with Crippen LogP contribution < -0.4 is 35.5 Å². The van der Waals surface area contributed by atoms with Gasteiger partial charge in [0.2, 0.25) is 22.3 Å². The summed E-state index contributed by atoms with van der Waals surface area (Å²) in [6, 6.07) is 23.0. The smallest absolute Gasteiger partial charge is 0.345 e. The number of halogens is 2. The van der Waals surface area contributed by atoms with E-state index in [1.54, 1.807) is 74.9 Å². The van der Waals surface area contributed by atoms with Crippen molar-refractivity contribution >= 4 is 117 Å². The molecule has 0 aromatic heterocycles. The number of hydrogen-bond acceptors (Lipinski definition) is 21. The van der Waals surface area contributed by atoms with Gasteiger partial charge in [0, 0.05) is 63.4 Å². The summed E-state index contributed by atoms with van der Waals surface area (Å²) in [7, 11) is 16.9. The maximum atomic E-state index is 12.1. The van der Waals surface area contributed by atoms with Gasteiger partial charge in [0.15, 0.2) is 5.92 Å². The molecule has 0 saturated heterocycles. The Bertz CT molecular complexity index is 2470. The molecule has 25 heteroatoms. The molecule has 0 aliphatic heterocycles. The zero-order valence-corrected chi connectivity index (χ0v) is 59.2. The quantitative estimate of drug-likeness (QED) is 0.00863. The van der Waals surface area contributed by atoms with Crippen LogP contribution in [0.1, 0.15) is 85.9 Å². The highest BCUT2D eigenvalue weighted by molar-refractivity contribution is 8.00. The van der Waals surface area contributed by atoms with Crippen LogP contribution in [0.2, 0.25) is 0 Å². The van der Waals surface area contributed by atoms with Crippen LogP contribution in [0, 0.1) is 23.7 Å². The Kier molecular flexibility index (Phi) is 41.2. The normalized spacial score (nSPS) is 11.1. The van der Waals surface area contributed by atoms with Crippen molar-refractivity contribution in [2.45, 2.75) is 105 Å². The Balaban J connectivity index is 0. The van der Waals surface area contributed by atoms with Crippen LogP contribution in [-0.4, -0.2) is 156 Å². The Hall–Kier alpha value is -5.14. The lowest BCUT2D eigenvalue weighted by Crippen LogP contribution is -2.48. The zero-order chi connectivity index (χ0) is 67.5. The van der Waals surface area contributed by atoms with Gasteiger partial charge in [0.05, 0.1) is 49.8 Å². The number of methoxy groups -OCH3 is 7. The molecule has 490 valence electrons. The Morgan fingerprint density at radius 1 is 0.460 bits per heavy atom. The number of thiol groups is 1. The fraction of sp³-hybridized carbons (Fsp3) is 0.548. The van der Waals surface area contributed by atoms with Crippen molar-refractivity contribution in [2.24, 2.45) is 23.7 Å². The molecule has 87 heavy (non-hydrogen) atoms. The number of carbonyl (C=O) groups excluding carboxylic acids is 8. The molecule has 0 heterocycles. The van der Waals surface area contributed by atoms with E-state index in [0.717, 1.165) is 47.0 Å². The number of amides is 2. The zero-order valence-electron chi connectivity index (χ0n) is 54.3. The third-order valence-corrected chi connectivity index (χ3v) is 18.1. The van der Waals surface area contributed by atoms with Crippen LogP contribution in [0.15, 0.2) is 83.9 Å². The molecule has 0 aliphatic carbocycles. The maximum Gasteiger partial charge on any atom is 0.345 e. The molecule has 4 N–H and O–H groups in total. The molecule has 0 atom stereocenters. The lowest BCUT2D eigenvalue weighted by Gasteiger charge is -2.31. The van der Waals surface area contributed by atoms with Gasteiger partial charge in [0.25, 0.3) is 0 Å². The van der Waals surface area contributed by atoms with Crippen molar-refractivity contribution in [2.75, 3.05) is 91.0 Å². The van der Waals surface area contributed by atoms with Crippen LogP contribution in [0.3, 0.4) is 0 Å². The summed E-state index contributed by atoms with van der Waals surface area (Å²) in [6.45, 7) is 20.7. The second-order valence-corrected chi connectivity index (χ2v) is 28.0. The molecule has 0 spiro atoms.